The fraction of sp³-hybridized carbons (Fsp3) is 0.222. The van der Waals surface area contributed by atoms with E-state index in [9.17, 15) is 14.7 Å². The average molecular weight is 633 g/mol. The Morgan fingerprint density at radius 2 is 1.54 bits per heavy atom. The minimum Gasteiger partial charge on any atom is -0.392 e. The second-order valence-corrected chi connectivity index (χ2v) is 12.5. The van der Waals surface area contributed by atoms with Gasteiger partial charge in [-0.25, -0.2) is 4.98 Å². The fourth-order valence-corrected chi connectivity index (χ4v) is 6.93. The van der Waals surface area contributed by atoms with Crippen LogP contribution in [-0.4, -0.2) is 48.9 Å². The van der Waals surface area contributed by atoms with Gasteiger partial charge in [0.05, 0.1) is 36.5 Å². The summed E-state index contributed by atoms with van der Waals surface area (Å²) in [5.41, 5.74) is 6.50. The second-order valence-electron chi connectivity index (χ2n) is 11.5. The zero-order chi connectivity index (χ0) is 31.6. The number of aromatic amines is 1. The van der Waals surface area contributed by atoms with Crippen molar-refractivity contribution in [2.75, 3.05) is 5.75 Å². The summed E-state index contributed by atoms with van der Waals surface area (Å²) >= 11 is 1.56. The summed E-state index contributed by atoms with van der Waals surface area (Å²) in [6.07, 6.45) is 0.556. The first kappa shape index (κ1) is 30.1. The van der Waals surface area contributed by atoms with Gasteiger partial charge in [-0.15, -0.1) is 0 Å². The van der Waals surface area contributed by atoms with Crippen LogP contribution in [0.15, 0.2) is 109 Å². The van der Waals surface area contributed by atoms with Gasteiger partial charge in [0.25, 0.3) is 11.8 Å². The number of aliphatic hydroxyl groups excluding tert-OH is 1. The average Bonchev–Trinajstić information content (AvgIpc) is 3.71. The Labute approximate surface area is 270 Å². The van der Waals surface area contributed by atoms with Gasteiger partial charge in [0.2, 0.25) is 0 Å². The van der Waals surface area contributed by atoms with Crippen LogP contribution in [0.2, 0.25) is 0 Å². The molecule has 46 heavy (non-hydrogen) atoms. The molecule has 0 spiro atoms. The number of aliphatic hydroxyl groups is 1. The van der Waals surface area contributed by atoms with Crippen molar-refractivity contribution in [3.63, 3.8) is 0 Å². The zero-order valence-electron chi connectivity index (χ0n) is 25.1. The van der Waals surface area contributed by atoms with E-state index in [0.29, 0.717) is 16.9 Å². The molecule has 0 radical (unpaired) electrons. The number of nitrogens with zero attached hydrogens (tertiary/aromatic N) is 3. The van der Waals surface area contributed by atoms with Crippen molar-refractivity contribution in [2.45, 2.75) is 43.7 Å². The van der Waals surface area contributed by atoms with E-state index in [1.807, 2.05) is 72.8 Å². The SMILES string of the molecule is C[C@H]1[C@@H](CSc2ncn[nH]2)O[C@@H](c2ccc(-c3cccc(CN4C(=O)c5ccccc5C4=O)c3)cc2)O[C@H]1c1ccc(CO)cc1. The van der Waals surface area contributed by atoms with Crippen LogP contribution in [0.25, 0.3) is 11.1 Å². The van der Waals surface area contributed by atoms with Crippen LogP contribution in [0, 0.1) is 5.92 Å². The Hall–Kier alpha value is -4.61. The van der Waals surface area contributed by atoms with Gasteiger partial charge in [-0.2, -0.15) is 5.10 Å². The highest BCUT2D eigenvalue weighted by atomic mass is 32.2. The van der Waals surface area contributed by atoms with Gasteiger partial charge >= 0.3 is 0 Å². The van der Waals surface area contributed by atoms with Gasteiger partial charge in [0, 0.05) is 17.2 Å². The van der Waals surface area contributed by atoms with Crippen molar-refractivity contribution in [3.05, 3.63) is 137 Å². The molecule has 4 aromatic carbocycles. The van der Waals surface area contributed by atoms with Gasteiger partial charge in [-0.05, 0) is 46.0 Å². The Balaban J connectivity index is 1.09. The minimum absolute atomic E-state index is 0.0123. The summed E-state index contributed by atoms with van der Waals surface area (Å²) in [5.74, 6) is 0.185. The molecule has 1 fully saturated rings. The largest absolute Gasteiger partial charge is 0.392 e. The maximum atomic E-state index is 12.9. The van der Waals surface area contributed by atoms with Crippen molar-refractivity contribution in [2.24, 2.45) is 5.92 Å². The fourth-order valence-electron chi connectivity index (χ4n) is 5.98. The lowest BCUT2D eigenvalue weighted by molar-refractivity contribution is -0.268. The highest BCUT2D eigenvalue weighted by Crippen LogP contribution is 2.43. The summed E-state index contributed by atoms with van der Waals surface area (Å²) in [6, 6.07) is 30.8. The summed E-state index contributed by atoms with van der Waals surface area (Å²) in [6.45, 7) is 2.32. The highest BCUT2D eigenvalue weighted by Gasteiger charge is 2.39. The molecule has 5 aromatic rings. The maximum absolute atomic E-state index is 12.9. The summed E-state index contributed by atoms with van der Waals surface area (Å²) < 4.78 is 13.1. The van der Waals surface area contributed by atoms with E-state index in [1.54, 1.807) is 36.0 Å². The van der Waals surface area contributed by atoms with Crippen LogP contribution >= 0.6 is 11.8 Å². The molecule has 3 heterocycles. The van der Waals surface area contributed by atoms with Crippen LogP contribution in [0.3, 0.4) is 0 Å². The van der Waals surface area contributed by atoms with Gasteiger partial charge in [-0.1, -0.05) is 97.5 Å². The predicted octanol–water partition coefficient (Wildman–Crippen LogP) is 6.34. The summed E-state index contributed by atoms with van der Waals surface area (Å²) in [5, 5.41) is 17.1. The van der Waals surface area contributed by atoms with E-state index in [0.717, 1.165) is 38.5 Å². The van der Waals surface area contributed by atoms with Crippen molar-refractivity contribution in [1.29, 1.82) is 0 Å². The van der Waals surface area contributed by atoms with E-state index in [2.05, 4.69) is 22.1 Å². The Kier molecular flexibility index (Phi) is 8.51. The lowest BCUT2D eigenvalue weighted by Gasteiger charge is -2.41. The van der Waals surface area contributed by atoms with E-state index >= 15 is 0 Å². The number of amides is 2. The van der Waals surface area contributed by atoms with Crippen molar-refractivity contribution < 1.29 is 24.2 Å². The Bertz CT molecular complexity index is 1810. The van der Waals surface area contributed by atoms with E-state index < -0.39 is 6.29 Å². The first-order valence-corrected chi connectivity index (χ1v) is 16.1. The quantitative estimate of drug-likeness (QED) is 0.143. The van der Waals surface area contributed by atoms with Crippen molar-refractivity contribution in [3.8, 4) is 11.1 Å². The predicted molar refractivity (Wildman–Crippen MR) is 173 cm³/mol. The van der Waals surface area contributed by atoms with Crippen molar-refractivity contribution in [1.82, 2.24) is 20.1 Å². The minimum atomic E-state index is -0.590. The molecule has 2 aliphatic rings. The molecule has 0 bridgehead atoms. The number of H-pyrrole nitrogens is 1. The molecule has 2 aliphatic heterocycles. The molecule has 7 rings (SSSR count). The number of hydrogen-bond donors (Lipinski definition) is 2. The zero-order valence-corrected chi connectivity index (χ0v) is 25.9. The molecule has 9 nitrogen and oxygen atoms in total. The number of aromatic nitrogens is 3. The number of thioether (sulfide) groups is 1. The third-order valence-electron chi connectivity index (χ3n) is 8.56. The Morgan fingerprint density at radius 1 is 0.826 bits per heavy atom. The second kappa shape index (κ2) is 13.0. The van der Waals surface area contributed by atoms with Crippen molar-refractivity contribution >= 4 is 23.6 Å². The van der Waals surface area contributed by atoms with E-state index in [1.165, 1.54) is 11.2 Å². The van der Waals surface area contributed by atoms with Crippen LogP contribution in [0.5, 0.6) is 0 Å². The maximum Gasteiger partial charge on any atom is 0.261 e. The number of carbonyl (C=O) groups is 2. The van der Waals surface area contributed by atoms with Crippen LogP contribution in [0.1, 0.15) is 62.3 Å². The third kappa shape index (κ3) is 6.00. The molecule has 0 aliphatic carbocycles. The molecular weight excluding hydrogens is 600 g/mol. The van der Waals surface area contributed by atoms with Gasteiger partial charge in [-0.3, -0.25) is 19.6 Å². The topological polar surface area (TPSA) is 118 Å². The number of fused-ring (bicyclic) bond motifs is 1. The molecule has 10 heteroatoms. The molecule has 1 saturated heterocycles. The van der Waals surface area contributed by atoms with Crippen LogP contribution < -0.4 is 0 Å². The molecule has 0 unspecified atom stereocenters. The smallest absolute Gasteiger partial charge is 0.261 e. The van der Waals surface area contributed by atoms with Crippen LogP contribution in [0.4, 0.5) is 0 Å². The number of imide groups is 1. The number of nitrogens with one attached hydrogen (secondary N) is 1. The van der Waals surface area contributed by atoms with E-state index in [4.69, 9.17) is 9.47 Å². The van der Waals surface area contributed by atoms with Gasteiger partial charge in [0.1, 0.15) is 6.33 Å². The molecule has 4 atom stereocenters. The standard InChI is InChI=1S/C36H32N4O5S/c1-22-31(20-46-36-37-21-38-39-36)44-35(45-32(22)26-11-9-23(19-41)10-12-26)27-15-13-25(14-16-27)28-6-4-5-24(17-28)18-40-33(42)29-7-2-3-8-30(29)34(40)43/h2-17,21-22,31-32,35,41H,18-20H2,1H3,(H,37,38,39)/t22-,31+,32+,35+/m0/s1. The molecule has 2 N–H and O–H groups in total. The highest BCUT2D eigenvalue weighted by molar-refractivity contribution is 7.99. The van der Waals surface area contributed by atoms with E-state index in [-0.39, 0.29) is 43.1 Å². The molecular formula is C36H32N4O5S. The first-order valence-electron chi connectivity index (χ1n) is 15.1. The normalized spacial score (nSPS) is 21.0. The summed E-state index contributed by atoms with van der Waals surface area (Å²) in [7, 11) is 0. The van der Waals surface area contributed by atoms with Crippen LogP contribution in [-0.2, 0) is 22.6 Å². The van der Waals surface area contributed by atoms with Gasteiger partial charge in [0.15, 0.2) is 11.4 Å². The lowest BCUT2D eigenvalue weighted by Crippen LogP contribution is -2.38. The molecule has 232 valence electrons. The first-order chi connectivity index (χ1) is 22.5. The molecule has 1 aromatic heterocycles. The van der Waals surface area contributed by atoms with Gasteiger partial charge < -0.3 is 14.6 Å². The molecule has 0 saturated carbocycles. The summed E-state index contributed by atoms with van der Waals surface area (Å²) in [4.78, 5) is 31.3. The number of ether oxygens (including phenoxy) is 2. The third-order valence-corrected chi connectivity index (χ3v) is 9.53. The number of benzene rings is 4. The number of hydrogen-bond acceptors (Lipinski definition) is 8. The number of rotatable bonds is 9. The monoisotopic (exact) mass is 632 g/mol. The molecule has 2 amide bonds. The lowest BCUT2D eigenvalue weighted by atomic mass is 9.91. The Morgan fingerprint density at radius 3 is 2.22 bits per heavy atom. The number of carbonyl (C=O) groups excluding carboxylic acids is 2.